The van der Waals surface area contributed by atoms with Crippen molar-refractivity contribution < 1.29 is 9.53 Å². The number of nitriles is 1. The van der Waals surface area contributed by atoms with E-state index < -0.39 is 11.9 Å². The van der Waals surface area contributed by atoms with E-state index in [-0.39, 0.29) is 0 Å². The van der Waals surface area contributed by atoms with E-state index in [1.165, 1.54) is 44.7 Å². The van der Waals surface area contributed by atoms with Gasteiger partial charge in [0, 0.05) is 12.8 Å². The molecule has 114 valence electrons. The number of carbonyl (C=O) groups excluding carboxylic acids is 1. The van der Waals surface area contributed by atoms with Crippen LogP contribution in [0.4, 0.5) is 0 Å². The van der Waals surface area contributed by atoms with Crippen LogP contribution in [0, 0.1) is 40.4 Å². The second-order valence-electron chi connectivity index (χ2n) is 7.27. The Morgan fingerprint density at radius 2 is 1.90 bits per heavy atom. The van der Waals surface area contributed by atoms with Gasteiger partial charge in [0.15, 0.2) is 5.92 Å². The van der Waals surface area contributed by atoms with Crippen LogP contribution in [0.5, 0.6) is 0 Å². The average Bonchev–Trinajstić information content (AvgIpc) is 2.42. The van der Waals surface area contributed by atoms with Gasteiger partial charge in [-0.2, -0.15) is 5.26 Å². The van der Waals surface area contributed by atoms with Gasteiger partial charge in [-0.05, 0) is 68.6 Å². The minimum absolute atomic E-state index is 0.305. The van der Waals surface area contributed by atoms with Crippen LogP contribution in [0.25, 0.3) is 0 Å². The minimum atomic E-state index is -0.848. The lowest BCUT2D eigenvalue weighted by Crippen LogP contribution is -2.47. The summed E-state index contributed by atoms with van der Waals surface area (Å²) in [5.74, 6) is 1.39. The highest BCUT2D eigenvalue weighted by Gasteiger charge is 2.50. The zero-order valence-electron chi connectivity index (χ0n) is 12.8. The van der Waals surface area contributed by atoms with Gasteiger partial charge in [0.05, 0.1) is 12.7 Å². The molecule has 21 heavy (non-hydrogen) atoms. The van der Waals surface area contributed by atoms with Crippen LogP contribution in [0.3, 0.4) is 0 Å². The van der Waals surface area contributed by atoms with Crippen molar-refractivity contribution >= 4 is 12.2 Å². The number of nitrogens with zero attached hydrogens (tertiary/aromatic N) is 2. The van der Waals surface area contributed by atoms with Crippen molar-refractivity contribution in [3.63, 3.8) is 0 Å². The van der Waals surface area contributed by atoms with Crippen LogP contribution in [-0.4, -0.2) is 25.3 Å². The first-order valence-corrected chi connectivity index (χ1v) is 8.20. The second kappa shape index (κ2) is 5.79. The van der Waals surface area contributed by atoms with E-state index in [2.05, 4.69) is 4.99 Å². The lowest BCUT2D eigenvalue weighted by molar-refractivity contribution is -0.143. The normalized spacial score (nSPS) is 38.4. The molecule has 4 saturated carbocycles. The van der Waals surface area contributed by atoms with Crippen molar-refractivity contribution in [3.05, 3.63) is 0 Å². The molecule has 4 heteroatoms. The molecule has 4 bridgehead atoms. The Labute approximate surface area is 126 Å². The molecular weight excluding hydrogens is 264 g/mol. The van der Waals surface area contributed by atoms with E-state index in [9.17, 15) is 4.79 Å². The van der Waals surface area contributed by atoms with E-state index in [1.807, 2.05) is 6.07 Å². The summed E-state index contributed by atoms with van der Waals surface area (Å²) in [6, 6.07) is 1.97. The molecule has 0 aromatic carbocycles. The Kier molecular flexibility index (Phi) is 4.01. The summed E-state index contributed by atoms with van der Waals surface area (Å²) in [7, 11) is 0. The Hall–Kier alpha value is -1.37. The van der Waals surface area contributed by atoms with Crippen LogP contribution in [0.1, 0.15) is 45.4 Å². The van der Waals surface area contributed by atoms with Crippen LogP contribution < -0.4 is 0 Å². The van der Waals surface area contributed by atoms with Crippen molar-refractivity contribution in [2.24, 2.45) is 34.1 Å². The van der Waals surface area contributed by atoms with E-state index in [1.54, 1.807) is 6.92 Å². The Bertz CT molecular complexity index is 442. The molecular formula is C17H24N2O2. The van der Waals surface area contributed by atoms with E-state index in [0.29, 0.717) is 12.0 Å². The predicted octanol–water partition coefficient (Wildman–Crippen LogP) is 2.98. The van der Waals surface area contributed by atoms with Crippen molar-refractivity contribution in [2.45, 2.75) is 45.4 Å². The van der Waals surface area contributed by atoms with Crippen molar-refractivity contribution in [1.82, 2.24) is 0 Å². The highest BCUT2D eigenvalue weighted by Crippen LogP contribution is 2.60. The third-order valence-electron chi connectivity index (χ3n) is 5.53. The molecule has 0 spiro atoms. The smallest absolute Gasteiger partial charge is 0.328 e. The number of rotatable bonds is 5. The topological polar surface area (TPSA) is 62.5 Å². The summed E-state index contributed by atoms with van der Waals surface area (Å²) in [4.78, 5) is 16.1. The fraction of sp³-hybridized carbons (Fsp3) is 0.824. The zero-order chi connectivity index (χ0) is 14.9. The predicted molar refractivity (Wildman–Crippen MR) is 79.7 cm³/mol. The molecule has 4 nitrogen and oxygen atoms in total. The molecule has 4 aliphatic rings. The highest BCUT2D eigenvalue weighted by atomic mass is 16.5. The molecule has 0 unspecified atom stereocenters. The molecule has 0 aliphatic heterocycles. The molecule has 0 saturated heterocycles. The maximum atomic E-state index is 11.6. The number of esters is 1. The molecule has 0 heterocycles. The summed E-state index contributed by atoms with van der Waals surface area (Å²) in [6.45, 7) is 2.84. The Balaban J connectivity index is 1.60. The molecule has 4 fully saturated rings. The summed E-state index contributed by atoms with van der Waals surface area (Å²) in [5, 5.41) is 9.04. The van der Waals surface area contributed by atoms with Crippen molar-refractivity contribution in [2.75, 3.05) is 13.2 Å². The van der Waals surface area contributed by atoms with Gasteiger partial charge < -0.3 is 4.74 Å². The summed E-state index contributed by atoms with van der Waals surface area (Å²) >= 11 is 0. The Morgan fingerprint density at radius 1 is 1.33 bits per heavy atom. The van der Waals surface area contributed by atoms with Gasteiger partial charge in [0.25, 0.3) is 0 Å². The van der Waals surface area contributed by atoms with Crippen molar-refractivity contribution in [1.29, 1.82) is 5.26 Å². The lowest BCUT2D eigenvalue weighted by Gasteiger charge is -2.56. The van der Waals surface area contributed by atoms with Gasteiger partial charge in [-0.3, -0.25) is 9.79 Å². The number of hydrogen-bond acceptors (Lipinski definition) is 4. The van der Waals surface area contributed by atoms with Gasteiger partial charge in [-0.1, -0.05) is 0 Å². The molecule has 0 aromatic heterocycles. The maximum Gasteiger partial charge on any atom is 0.328 e. The first kappa shape index (κ1) is 14.6. The zero-order valence-corrected chi connectivity index (χ0v) is 12.8. The van der Waals surface area contributed by atoms with Gasteiger partial charge in [-0.25, -0.2) is 0 Å². The fourth-order valence-electron chi connectivity index (χ4n) is 5.21. The van der Waals surface area contributed by atoms with Crippen LogP contribution in [-0.2, 0) is 9.53 Å². The third kappa shape index (κ3) is 2.97. The van der Waals surface area contributed by atoms with Crippen LogP contribution >= 0.6 is 0 Å². The quantitative estimate of drug-likeness (QED) is 0.577. The number of hydrogen-bond donors (Lipinski definition) is 0. The molecule has 4 aliphatic carbocycles. The number of aliphatic imine (C=N–C) groups is 1. The third-order valence-corrected chi connectivity index (χ3v) is 5.53. The van der Waals surface area contributed by atoms with Crippen LogP contribution in [0.2, 0.25) is 0 Å². The van der Waals surface area contributed by atoms with E-state index in [4.69, 9.17) is 10.00 Å². The number of carbonyl (C=O) groups is 1. The molecule has 0 radical (unpaired) electrons. The van der Waals surface area contributed by atoms with Gasteiger partial charge in [0.1, 0.15) is 0 Å². The van der Waals surface area contributed by atoms with Crippen molar-refractivity contribution in [3.8, 4) is 6.07 Å². The summed E-state index contributed by atoms with van der Waals surface area (Å²) in [5.41, 5.74) is 0.361. The standard InChI is InChI=1S/C17H24N2O2/c1-2-21-16(20)15(9-18)10-19-11-17-6-12-3-13(7-17)5-14(4-12)8-17/h10,12-15H,2-8,11H2,1H3/t12?,13?,14?,15-,17?/m0/s1. The SMILES string of the molecule is CCOC(=O)[C@@H](C#N)C=NCC12CC3CC(CC(C3)C1)C2. The molecule has 1 atom stereocenters. The summed E-state index contributed by atoms with van der Waals surface area (Å²) in [6.07, 6.45) is 9.68. The Morgan fingerprint density at radius 3 is 2.38 bits per heavy atom. The monoisotopic (exact) mass is 288 g/mol. The molecule has 4 rings (SSSR count). The van der Waals surface area contributed by atoms with E-state index >= 15 is 0 Å². The molecule has 0 aromatic rings. The highest BCUT2D eigenvalue weighted by molar-refractivity contribution is 5.92. The first-order valence-electron chi connectivity index (χ1n) is 8.20. The van der Waals surface area contributed by atoms with Gasteiger partial charge in [-0.15, -0.1) is 0 Å². The van der Waals surface area contributed by atoms with Gasteiger partial charge >= 0.3 is 5.97 Å². The average molecular weight is 288 g/mol. The van der Waals surface area contributed by atoms with Gasteiger partial charge in [0.2, 0.25) is 0 Å². The first-order chi connectivity index (χ1) is 10.1. The number of ether oxygens (including phenoxy) is 1. The molecule has 0 N–H and O–H groups in total. The largest absolute Gasteiger partial charge is 0.465 e. The van der Waals surface area contributed by atoms with Crippen LogP contribution in [0.15, 0.2) is 4.99 Å². The fourth-order valence-corrected chi connectivity index (χ4v) is 5.21. The lowest BCUT2D eigenvalue weighted by atomic mass is 9.49. The minimum Gasteiger partial charge on any atom is -0.465 e. The summed E-state index contributed by atoms with van der Waals surface area (Å²) < 4.78 is 4.89. The molecule has 0 amide bonds. The maximum absolute atomic E-state index is 11.6. The second-order valence-corrected chi connectivity index (χ2v) is 7.27. The van der Waals surface area contributed by atoms with E-state index in [0.717, 1.165) is 24.3 Å².